The van der Waals surface area contributed by atoms with E-state index in [4.69, 9.17) is 5.11 Å². The minimum atomic E-state index is -1.19. The number of aromatic carboxylic acids is 1. The van der Waals surface area contributed by atoms with Gasteiger partial charge in [0.15, 0.2) is 0 Å². The molecule has 1 radical (unpaired) electrons. The van der Waals surface area contributed by atoms with Crippen LogP contribution in [-0.4, -0.2) is 16.0 Å². The molecule has 0 fully saturated rings. The third-order valence-electron chi connectivity index (χ3n) is 2.42. The minimum Gasteiger partial charge on any atom is -0.478 e. The molecule has 0 saturated heterocycles. The number of nitro benzene ring substituents is 1. The van der Waals surface area contributed by atoms with Crippen LogP contribution >= 0.6 is 0 Å². The van der Waals surface area contributed by atoms with Crippen molar-refractivity contribution in [2.45, 2.75) is 0 Å². The summed E-state index contributed by atoms with van der Waals surface area (Å²) in [5, 5.41) is 19.7. The monoisotopic (exact) mass is 242 g/mol. The maximum atomic E-state index is 10.9. The lowest BCUT2D eigenvalue weighted by molar-refractivity contribution is -0.384. The Morgan fingerprint density at radius 1 is 1.28 bits per heavy atom. The zero-order chi connectivity index (χ0) is 13.1. The van der Waals surface area contributed by atoms with Crippen LogP contribution in [0.2, 0.25) is 0 Å². The van der Waals surface area contributed by atoms with Crippen molar-refractivity contribution in [3.05, 3.63) is 64.2 Å². The predicted octanol–water partition coefficient (Wildman–Crippen LogP) is 2.76. The van der Waals surface area contributed by atoms with Crippen molar-refractivity contribution in [3.63, 3.8) is 0 Å². The van der Waals surface area contributed by atoms with E-state index in [1.165, 1.54) is 12.1 Å². The van der Waals surface area contributed by atoms with Gasteiger partial charge in [0.25, 0.3) is 5.69 Å². The molecule has 5 heteroatoms. The molecule has 89 valence electrons. The molecular weight excluding hydrogens is 234 g/mol. The molecule has 0 bridgehead atoms. The number of rotatable bonds is 3. The third-order valence-corrected chi connectivity index (χ3v) is 2.42. The van der Waals surface area contributed by atoms with E-state index in [1.807, 2.05) is 0 Å². The van der Waals surface area contributed by atoms with Gasteiger partial charge in [-0.2, -0.15) is 0 Å². The standard InChI is InChI=1S/C13H8NO4/c15-13(16)11-6-10(7-12(8-11)14(17)18)9-4-2-1-3-5-9/h1-2,4-8H,(H,15,16). The summed E-state index contributed by atoms with van der Waals surface area (Å²) in [6.45, 7) is 0. The summed E-state index contributed by atoms with van der Waals surface area (Å²) in [7, 11) is 0. The Balaban J connectivity index is 2.61. The zero-order valence-electron chi connectivity index (χ0n) is 9.16. The molecule has 18 heavy (non-hydrogen) atoms. The fourth-order valence-corrected chi connectivity index (χ4v) is 1.58. The number of carboxylic acids is 1. The van der Waals surface area contributed by atoms with Gasteiger partial charge in [0.2, 0.25) is 0 Å². The summed E-state index contributed by atoms with van der Waals surface area (Å²) in [5.74, 6) is -1.19. The molecule has 0 amide bonds. The zero-order valence-corrected chi connectivity index (χ0v) is 9.16. The Kier molecular flexibility index (Phi) is 3.05. The van der Waals surface area contributed by atoms with Gasteiger partial charge >= 0.3 is 5.97 Å². The molecule has 0 unspecified atom stereocenters. The molecule has 0 aliphatic carbocycles. The van der Waals surface area contributed by atoms with Crippen LogP contribution in [0.1, 0.15) is 10.4 Å². The highest BCUT2D eigenvalue weighted by Gasteiger charge is 2.14. The number of non-ortho nitro benzene ring substituents is 1. The van der Waals surface area contributed by atoms with Gasteiger partial charge < -0.3 is 5.11 Å². The highest BCUT2D eigenvalue weighted by molar-refractivity contribution is 5.90. The molecule has 2 aromatic rings. The van der Waals surface area contributed by atoms with Crippen LogP contribution < -0.4 is 0 Å². The number of hydrogen-bond acceptors (Lipinski definition) is 3. The normalized spacial score (nSPS) is 10.0. The molecule has 0 heterocycles. The van der Waals surface area contributed by atoms with Gasteiger partial charge in [-0.3, -0.25) is 10.1 Å². The summed E-state index contributed by atoms with van der Waals surface area (Å²) in [5.41, 5.74) is 0.818. The number of nitro groups is 1. The van der Waals surface area contributed by atoms with Crippen LogP contribution in [-0.2, 0) is 0 Å². The van der Waals surface area contributed by atoms with Crippen LogP contribution in [0.4, 0.5) is 5.69 Å². The number of nitrogens with zero attached hydrogens (tertiary/aromatic N) is 1. The summed E-state index contributed by atoms with van der Waals surface area (Å²) in [6.07, 6.45) is 0. The Morgan fingerprint density at radius 3 is 2.61 bits per heavy atom. The summed E-state index contributed by atoms with van der Waals surface area (Å²) >= 11 is 0. The van der Waals surface area contributed by atoms with Crippen LogP contribution in [0, 0.1) is 16.2 Å². The van der Waals surface area contributed by atoms with E-state index in [0.29, 0.717) is 11.1 Å². The lowest BCUT2D eigenvalue weighted by Crippen LogP contribution is -1.99. The van der Waals surface area contributed by atoms with Crippen molar-refractivity contribution in [1.29, 1.82) is 0 Å². The third kappa shape index (κ3) is 2.35. The molecule has 2 rings (SSSR count). The highest BCUT2D eigenvalue weighted by atomic mass is 16.6. The Labute approximate surface area is 102 Å². The van der Waals surface area contributed by atoms with E-state index < -0.39 is 10.9 Å². The van der Waals surface area contributed by atoms with Crippen LogP contribution in [0.25, 0.3) is 11.1 Å². The maximum absolute atomic E-state index is 10.9. The fraction of sp³-hybridized carbons (Fsp3) is 0. The highest BCUT2D eigenvalue weighted by Crippen LogP contribution is 2.25. The molecule has 0 spiro atoms. The molecule has 0 saturated carbocycles. The second kappa shape index (κ2) is 4.67. The van der Waals surface area contributed by atoms with Gasteiger partial charge in [-0.25, -0.2) is 4.79 Å². The van der Waals surface area contributed by atoms with Crippen LogP contribution in [0.15, 0.2) is 42.5 Å². The van der Waals surface area contributed by atoms with Gasteiger partial charge in [-0.15, -0.1) is 0 Å². The minimum absolute atomic E-state index is 0.108. The molecule has 5 nitrogen and oxygen atoms in total. The maximum Gasteiger partial charge on any atom is 0.335 e. The Bertz CT molecular complexity index is 575. The second-order valence-corrected chi connectivity index (χ2v) is 3.62. The summed E-state index contributed by atoms with van der Waals surface area (Å²) in [6, 6.07) is 13.4. The van der Waals surface area contributed by atoms with E-state index in [2.05, 4.69) is 6.07 Å². The molecule has 0 aliphatic heterocycles. The fourth-order valence-electron chi connectivity index (χ4n) is 1.58. The van der Waals surface area contributed by atoms with Gasteiger partial charge in [0.05, 0.1) is 10.5 Å². The largest absolute Gasteiger partial charge is 0.478 e. The first-order valence-electron chi connectivity index (χ1n) is 5.07. The van der Waals surface area contributed by atoms with Gasteiger partial charge in [-0.05, 0) is 29.3 Å². The van der Waals surface area contributed by atoms with E-state index in [-0.39, 0.29) is 11.3 Å². The van der Waals surface area contributed by atoms with Crippen molar-refractivity contribution in [2.24, 2.45) is 0 Å². The Morgan fingerprint density at radius 2 is 2.06 bits per heavy atom. The van der Waals surface area contributed by atoms with Gasteiger partial charge in [0.1, 0.15) is 0 Å². The van der Waals surface area contributed by atoms with Crippen molar-refractivity contribution in [2.75, 3.05) is 0 Å². The van der Waals surface area contributed by atoms with E-state index in [0.717, 1.165) is 6.07 Å². The molecule has 0 aliphatic rings. The first-order chi connectivity index (χ1) is 8.58. The lowest BCUT2D eigenvalue weighted by atomic mass is 10.0. The van der Waals surface area contributed by atoms with Gasteiger partial charge in [0, 0.05) is 12.1 Å². The van der Waals surface area contributed by atoms with E-state index in [1.54, 1.807) is 24.3 Å². The SMILES string of the molecule is O=C(O)c1cc(-c2c[c]ccc2)cc([N+](=O)[O-])c1. The van der Waals surface area contributed by atoms with Crippen LogP contribution in [0.5, 0.6) is 0 Å². The molecule has 1 N–H and O–H groups in total. The molecule has 0 atom stereocenters. The van der Waals surface area contributed by atoms with E-state index in [9.17, 15) is 14.9 Å². The van der Waals surface area contributed by atoms with Crippen molar-refractivity contribution in [3.8, 4) is 11.1 Å². The lowest BCUT2D eigenvalue weighted by Gasteiger charge is -2.03. The topological polar surface area (TPSA) is 80.4 Å². The molecule has 0 aromatic heterocycles. The number of carboxylic acid groups (broad SMARTS) is 1. The molecular formula is C13H8NO4. The van der Waals surface area contributed by atoms with Crippen LogP contribution in [0.3, 0.4) is 0 Å². The second-order valence-electron chi connectivity index (χ2n) is 3.62. The quantitative estimate of drug-likeness (QED) is 0.662. The summed E-state index contributed by atoms with van der Waals surface area (Å²) < 4.78 is 0. The first-order valence-corrected chi connectivity index (χ1v) is 5.07. The van der Waals surface area contributed by atoms with Crippen molar-refractivity contribution >= 4 is 11.7 Å². The van der Waals surface area contributed by atoms with Crippen molar-refractivity contribution in [1.82, 2.24) is 0 Å². The average Bonchev–Trinajstić information content (AvgIpc) is 2.39. The average molecular weight is 242 g/mol. The van der Waals surface area contributed by atoms with E-state index >= 15 is 0 Å². The summed E-state index contributed by atoms with van der Waals surface area (Å²) in [4.78, 5) is 21.1. The predicted molar refractivity (Wildman–Crippen MR) is 64.3 cm³/mol. The number of hydrogen-bond donors (Lipinski definition) is 1. The van der Waals surface area contributed by atoms with Gasteiger partial charge in [-0.1, -0.05) is 18.2 Å². The number of benzene rings is 2. The smallest absolute Gasteiger partial charge is 0.335 e. The Hall–Kier alpha value is -2.69. The van der Waals surface area contributed by atoms with Crippen molar-refractivity contribution < 1.29 is 14.8 Å². The first kappa shape index (κ1) is 11.8. The number of carbonyl (C=O) groups is 1. The molecule has 2 aromatic carbocycles.